The van der Waals surface area contributed by atoms with Crippen LogP contribution in [0.15, 0.2) is 53.0 Å². The summed E-state index contributed by atoms with van der Waals surface area (Å²) in [6.07, 6.45) is 2.01. The molecular weight excluding hydrogens is 430 g/mol. The Morgan fingerprint density at radius 1 is 1.17 bits per heavy atom. The van der Waals surface area contributed by atoms with Gasteiger partial charge in [0.25, 0.3) is 5.91 Å². The number of nitrogens with one attached hydrogen (secondary N) is 1. The first-order chi connectivity index (χ1) is 14.0. The molecule has 2 aromatic rings. The molecule has 3 rings (SSSR count). The highest BCUT2D eigenvalue weighted by atomic mass is 79.9. The predicted octanol–water partition coefficient (Wildman–Crippen LogP) is 3.78. The molecule has 0 radical (unpaired) electrons. The number of carbonyl (C=O) groups excluding carboxylic acids is 1. The molecule has 0 unspecified atom stereocenters. The van der Waals surface area contributed by atoms with E-state index in [4.69, 9.17) is 4.74 Å². The van der Waals surface area contributed by atoms with Gasteiger partial charge in [-0.25, -0.2) is 0 Å². The van der Waals surface area contributed by atoms with Crippen molar-refractivity contribution < 1.29 is 9.53 Å². The van der Waals surface area contributed by atoms with Gasteiger partial charge in [0.2, 0.25) is 0 Å². The lowest BCUT2D eigenvalue weighted by molar-refractivity contribution is 0.0937. The number of nitrogens with zero attached hydrogens (tertiary/aromatic N) is 2. The molecular formula is C23H30BrN3O2. The van der Waals surface area contributed by atoms with Crippen molar-refractivity contribution in [2.45, 2.75) is 25.4 Å². The van der Waals surface area contributed by atoms with Crippen molar-refractivity contribution in [2.24, 2.45) is 0 Å². The number of carbonyl (C=O) groups is 1. The largest absolute Gasteiger partial charge is 0.494 e. The number of likely N-dealkylation sites (tertiary alicyclic amines) is 1. The quantitative estimate of drug-likeness (QED) is 0.579. The van der Waals surface area contributed by atoms with Crippen LogP contribution in [0, 0.1) is 0 Å². The van der Waals surface area contributed by atoms with E-state index in [0.717, 1.165) is 55.8 Å². The van der Waals surface area contributed by atoms with E-state index in [-0.39, 0.29) is 11.9 Å². The minimum atomic E-state index is 0.000110. The molecule has 1 fully saturated rings. The number of benzene rings is 2. The van der Waals surface area contributed by atoms with Gasteiger partial charge in [0.05, 0.1) is 6.61 Å². The van der Waals surface area contributed by atoms with Gasteiger partial charge >= 0.3 is 0 Å². The van der Waals surface area contributed by atoms with Crippen LogP contribution in [0.25, 0.3) is 0 Å². The fraction of sp³-hybridized carbons (Fsp3) is 0.435. The second kappa shape index (κ2) is 10.8. The van der Waals surface area contributed by atoms with Crippen molar-refractivity contribution in [3.63, 3.8) is 0 Å². The van der Waals surface area contributed by atoms with Crippen molar-refractivity contribution in [3.8, 4) is 5.75 Å². The van der Waals surface area contributed by atoms with E-state index < -0.39 is 0 Å². The summed E-state index contributed by atoms with van der Waals surface area (Å²) in [5.74, 6) is 0.925. The summed E-state index contributed by atoms with van der Waals surface area (Å²) in [6.45, 7) is 4.54. The Morgan fingerprint density at radius 3 is 2.59 bits per heavy atom. The lowest BCUT2D eigenvalue weighted by Crippen LogP contribution is -2.36. The molecule has 0 bridgehead atoms. The first-order valence-electron chi connectivity index (χ1n) is 10.1. The molecule has 1 atom stereocenters. The van der Waals surface area contributed by atoms with Crippen LogP contribution in [0.5, 0.6) is 5.75 Å². The first kappa shape index (κ1) is 21.8. The lowest BCUT2D eigenvalue weighted by atomic mass is 10.2. The molecule has 1 N–H and O–H groups in total. The Hall–Kier alpha value is -1.89. The van der Waals surface area contributed by atoms with Gasteiger partial charge in [-0.05, 0) is 68.9 Å². The standard InChI is InChI=1S/C23H30BrN3O2/c1-26(2)13-3-15-29-22-10-4-18(5-11-22)16-27-14-12-21(17-27)25-23(28)19-6-8-20(24)9-7-19/h4-11,21H,3,12-17H2,1-2H3,(H,25,28)/t21-/m1/s1. The number of hydrogen-bond donors (Lipinski definition) is 1. The molecule has 5 nitrogen and oxygen atoms in total. The van der Waals surface area contributed by atoms with Crippen LogP contribution in [-0.2, 0) is 6.54 Å². The summed E-state index contributed by atoms with van der Waals surface area (Å²) >= 11 is 3.40. The van der Waals surface area contributed by atoms with Crippen LogP contribution in [-0.4, -0.2) is 62.1 Å². The molecule has 1 heterocycles. The summed E-state index contributed by atoms with van der Waals surface area (Å²) in [5, 5.41) is 3.16. The lowest BCUT2D eigenvalue weighted by Gasteiger charge is -2.17. The maximum absolute atomic E-state index is 12.4. The Bertz CT molecular complexity index is 778. The van der Waals surface area contributed by atoms with E-state index in [1.54, 1.807) is 0 Å². The maximum Gasteiger partial charge on any atom is 0.251 e. The fourth-order valence-corrected chi connectivity index (χ4v) is 3.75. The minimum absolute atomic E-state index is 0.000110. The van der Waals surface area contributed by atoms with Gasteiger partial charge in [-0.2, -0.15) is 0 Å². The van der Waals surface area contributed by atoms with E-state index >= 15 is 0 Å². The molecule has 29 heavy (non-hydrogen) atoms. The van der Waals surface area contributed by atoms with Gasteiger partial charge < -0.3 is 15.0 Å². The average Bonchev–Trinajstić information content (AvgIpc) is 3.13. The summed E-state index contributed by atoms with van der Waals surface area (Å²) in [7, 11) is 4.15. The molecule has 156 valence electrons. The highest BCUT2D eigenvalue weighted by Gasteiger charge is 2.24. The molecule has 1 saturated heterocycles. The Labute approximate surface area is 182 Å². The Balaban J connectivity index is 1.41. The van der Waals surface area contributed by atoms with Crippen molar-refractivity contribution in [1.29, 1.82) is 0 Å². The van der Waals surface area contributed by atoms with E-state index in [9.17, 15) is 4.79 Å². The first-order valence-corrected chi connectivity index (χ1v) is 10.9. The highest BCUT2D eigenvalue weighted by molar-refractivity contribution is 9.10. The molecule has 0 spiro atoms. The smallest absolute Gasteiger partial charge is 0.251 e. The third-order valence-electron chi connectivity index (χ3n) is 5.06. The molecule has 0 aromatic heterocycles. The summed E-state index contributed by atoms with van der Waals surface area (Å²) in [5.41, 5.74) is 1.97. The zero-order valence-corrected chi connectivity index (χ0v) is 18.8. The molecule has 6 heteroatoms. The Kier molecular flexibility index (Phi) is 8.09. The normalized spacial score (nSPS) is 16.9. The zero-order valence-electron chi connectivity index (χ0n) is 17.2. The molecule has 2 aromatic carbocycles. The topological polar surface area (TPSA) is 44.8 Å². The van der Waals surface area contributed by atoms with Gasteiger partial charge in [0.1, 0.15) is 5.75 Å². The number of rotatable bonds is 9. The van der Waals surface area contributed by atoms with Crippen LogP contribution in [0.1, 0.15) is 28.8 Å². The average molecular weight is 460 g/mol. The van der Waals surface area contributed by atoms with E-state index in [0.29, 0.717) is 5.56 Å². The van der Waals surface area contributed by atoms with Crippen LogP contribution in [0.3, 0.4) is 0 Å². The van der Waals surface area contributed by atoms with Gasteiger partial charge in [0, 0.05) is 42.3 Å². The molecule has 1 amide bonds. The van der Waals surface area contributed by atoms with Crippen molar-refractivity contribution >= 4 is 21.8 Å². The van der Waals surface area contributed by atoms with E-state index in [1.807, 2.05) is 36.4 Å². The van der Waals surface area contributed by atoms with Crippen molar-refractivity contribution in [3.05, 3.63) is 64.1 Å². The minimum Gasteiger partial charge on any atom is -0.494 e. The van der Waals surface area contributed by atoms with Crippen molar-refractivity contribution in [1.82, 2.24) is 15.1 Å². The fourth-order valence-electron chi connectivity index (χ4n) is 3.48. The molecule has 1 aliphatic rings. The van der Waals surface area contributed by atoms with Gasteiger partial charge in [-0.15, -0.1) is 0 Å². The zero-order chi connectivity index (χ0) is 20.6. The number of halogens is 1. The SMILES string of the molecule is CN(C)CCCOc1ccc(CN2CC[C@@H](NC(=O)c3ccc(Br)cc3)C2)cc1. The van der Waals surface area contributed by atoms with Crippen LogP contribution in [0.2, 0.25) is 0 Å². The monoisotopic (exact) mass is 459 g/mol. The molecule has 0 saturated carbocycles. The molecule has 0 aliphatic carbocycles. The van der Waals surface area contributed by atoms with Gasteiger partial charge in [-0.1, -0.05) is 28.1 Å². The van der Waals surface area contributed by atoms with Crippen molar-refractivity contribution in [2.75, 3.05) is 40.3 Å². The van der Waals surface area contributed by atoms with E-state index in [1.165, 1.54) is 5.56 Å². The van der Waals surface area contributed by atoms with Gasteiger partial charge in [0.15, 0.2) is 0 Å². The maximum atomic E-state index is 12.4. The predicted molar refractivity (Wildman–Crippen MR) is 120 cm³/mol. The van der Waals surface area contributed by atoms with Crippen LogP contribution >= 0.6 is 15.9 Å². The number of hydrogen-bond acceptors (Lipinski definition) is 4. The third kappa shape index (κ3) is 7.14. The molecule has 1 aliphatic heterocycles. The number of amides is 1. The summed E-state index contributed by atoms with van der Waals surface area (Å²) < 4.78 is 6.78. The summed E-state index contributed by atoms with van der Waals surface area (Å²) in [4.78, 5) is 17.0. The van der Waals surface area contributed by atoms with Gasteiger partial charge in [-0.3, -0.25) is 9.69 Å². The van der Waals surface area contributed by atoms with Crippen LogP contribution < -0.4 is 10.1 Å². The summed E-state index contributed by atoms with van der Waals surface area (Å²) in [6, 6.07) is 16.0. The van der Waals surface area contributed by atoms with Crippen LogP contribution in [0.4, 0.5) is 0 Å². The highest BCUT2D eigenvalue weighted by Crippen LogP contribution is 2.18. The second-order valence-electron chi connectivity index (χ2n) is 7.85. The third-order valence-corrected chi connectivity index (χ3v) is 5.59. The Morgan fingerprint density at radius 2 is 1.90 bits per heavy atom. The second-order valence-corrected chi connectivity index (χ2v) is 8.77. The number of ether oxygens (including phenoxy) is 1. The van der Waals surface area contributed by atoms with E-state index in [2.05, 4.69) is 57.3 Å².